The van der Waals surface area contributed by atoms with Crippen LogP contribution in [-0.4, -0.2) is 45.3 Å². The van der Waals surface area contributed by atoms with Crippen LogP contribution in [0.25, 0.3) is 11.0 Å². The fraction of sp³-hybridized carbons (Fsp3) is 0.611. The third-order valence-electron chi connectivity index (χ3n) is 6.51. The first kappa shape index (κ1) is 17.7. The second kappa shape index (κ2) is 6.17. The van der Waals surface area contributed by atoms with Crippen molar-refractivity contribution in [2.75, 3.05) is 19.4 Å². The zero-order chi connectivity index (χ0) is 19.2. The molecule has 27 heavy (non-hydrogen) atoms. The number of nitrogens with two attached hydrogens (primary N) is 1. The van der Waals surface area contributed by atoms with E-state index in [4.69, 9.17) is 10.5 Å². The molecule has 9 nitrogen and oxygen atoms in total. The molecule has 0 unspecified atom stereocenters. The number of carbonyl (C=O) groups excluding carboxylic acids is 2. The van der Waals surface area contributed by atoms with Gasteiger partial charge in [0.1, 0.15) is 17.4 Å². The van der Waals surface area contributed by atoms with Gasteiger partial charge in [-0.15, -0.1) is 0 Å². The van der Waals surface area contributed by atoms with Gasteiger partial charge in [0.05, 0.1) is 12.5 Å². The third-order valence-corrected chi connectivity index (χ3v) is 6.51. The van der Waals surface area contributed by atoms with E-state index in [0.29, 0.717) is 17.6 Å². The van der Waals surface area contributed by atoms with E-state index in [2.05, 4.69) is 20.4 Å². The molecule has 144 valence electrons. The molecule has 2 aromatic rings. The van der Waals surface area contributed by atoms with Crippen LogP contribution < -0.4 is 11.1 Å². The molecule has 3 aliphatic carbocycles. The topological polar surface area (TPSA) is 125 Å². The van der Waals surface area contributed by atoms with Crippen molar-refractivity contribution in [3.63, 3.8) is 0 Å². The Bertz CT molecular complexity index is 897. The Kier molecular flexibility index (Phi) is 4.05. The van der Waals surface area contributed by atoms with Crippen LogP contribution in [0.5, 0.6) is 0 Å². The lowest BCUT2D eigenvalue weighted by molar-refractivity contribution is -0.162. The van der Waals surface area contributed by atoms with Crippen LogP contribution in [0.1, 0.15) is 49.0 Å². The first-order valence-electron chi connectivity index (χ1n) is 9.20. The molecule has 3 aliphatic rings. The first-order chi connectivity index (χ1) is 12.9. The Morgan fingerprint density at radius 1 is 1.22 bits per heavy atom. The summed E-state index contributed by atoms with van der Waals surface area (Å²) in [6.07, 6.45) is 6.56. The molecule has 2 heterocycles. The summed E-state index contributed by atoms with van der Waals surface area (Å²) in [5.74, 6) is -0.0617. The Labute approximate surface area is 156 Å². The largest absolute Gasteiger partial charge is 0.469 e. The summed E-state index contributed by atoms with van der Waals surface area (Å²) in [6.45, 7) is 0.571. The van der Waals surface area contributed by atoms with Crippen molar-refractivity contribution in [1.29, 1.82) is 0 Å². The van der Waals surface area contributed by atoms with Crippen molar-refractivity contribution in [1.82, 2.24) is 25.1 Å². The minimum absolute atomic E-state index is 0.0447. The van der Waals surface area contributed by atoms with Gasteiger partial charge in [0.15, 0.2) is 11.5 Å². The van der Waals surface area contributed by atoms with Crippen LogP contribution in [0.2, 0.25) is 0 Å². The molecular weight excluding hydrogens is 348 g/mol. The van der Waals surface area contributed by atoms with Crippen molar-refractivity contribution in [2.45, 2.75) is 38.5 Å². The zero-order valence-corrected chi connectivity index (χ0v) is 15.6. The maximum Gasteiger partial charge on any atom is 0.311 e. The van der Waals surface area contributed by atoms with Gasteiger partial charge in [-0.2, -0.15) is 5.10 Å². The maximum absolute atomic E-state index is 12.8. The van der Waals surface area contributed by atoms with E-state index < -0.39 is 0 Å². The number of nitrogens with one attached hydrogen (secondary N) is 1. The SMILES string of the molecule is COC(=O)C12CCC(CNC(=O)c3ncnc4c(N)nn(C)c34)(CC1)CC2. The summed E-state index contributed by atoms with van der Waals surface area (Å²) in [5, 5.41) is 7.16. The molecule has 0 radical (unpaired) electrons. The molecule has 3 N–H and O–H groups in total. The number of ether oxygens (including phenoxy) is 1. The smallest absolute Gasteiger partial charge is 0.311 e. The molecular formula is C18H24N6O3. The highest BCUT2D eigenvalue weighted by Gasteiger charge is 2.53. The van der Waals surface area contributed by atoms with Gasteiger partial charge in [0.2, 0.25) is 0 Å². The molecule has 9 heteroatoms. The number of nitrogen functional groups attached to an aromatic ring is 1. The van der Waals surface area contributed by atoms with Crippen LogP contribution in [0.3, 0.4) is 0 Å². The number of amides is 1. The third kappa shape index (κ3) is 2.72. The lowest BCUT2D eigenvalue weighted by atomic mass is 9.53. The number of hydrogen-bond donors (Lipinski definition) is 2. The van der Waals surface area contributed by atoms with E-state index in [0.717, 1.165) is 38.5 Å². The minimum atomic E-state index is -0.314. The van der Waals surface area contributed by atoms with Gasteiger partial charge in [-0.05, 0) is 43.9 Å². The number of esters is 1. The Morgan fingerprint density at radius 2 is 1.89 bits per heavy atom. The summed E-state index contributed by atoms with van der Waals surface area (Å²) < 4.78 is 6.54. The Hall–Kier alpha value is -2.71. The van der Waals surface area contributed by atoms with Gasteiger partial charge >= 0.3 is 5.97 Å². The minimum Gasteiger partial charge on any atom is -0.469 e. The average molecular weight is 372 g/mol. The summed E-state index contributed by atoms with van der Waals surface area (Å²) >= 11 is 0. The van der Waals surface area contributed by atoms with Crippen LogP contribution in [-0.2, 0) is 16.6 Å². The molecule has 1 amide bonds. The fourth-order valence-corrected chi connectivity index (χ4v) is 4.70. The second-order valence-electron chi connectivity index (χ2n) is 7.88. The zero-order valence-electron chi connectivity index (χ0n) is 15.6. The van der Waals surface area contributed by atoms with Gasteiger partial charge in [-0.25, -0.2) is 9.97 Å². The average Bonchev–Trinajstić information content (AvgIpc) is 3.01. The molecule has 0 saturated heterocycles. The van der Waals surface area contributed by atoms with Crippen LogP contribution in [0.15, 0.2) is 6.33 Å². The molecule has 2 aromatic heterocycles. The summed E-state index contributed by atoms with van der Waals surface area (Å²) in [5.41, 5.74) is 6.86. The number of aromatic nitrogens is 4. The molecule has 5 rings (SSSR count). The molecule has 3 saturated carbocycles. The second-order valence-corrected chi connectivity index (χ2v) is 7.88. The predicted molar refractivity (Wildman–Crippen MR) is 97.6 cm³/mol. The highest BCUT2D eigenvalue weighted by molar-refractivity contribution is 6.04. The summed E-state index contributed by atoms with van der Waals surface area (Å²) in [7, 11) is 3.17. The van der Waals surface area contributed by atoms with E-state index >= 15 is 0 Å². The summed E-state index contributed by atoms with van der Waals surface area (Å²) in [6, 6.07) is 0. The van der Waals surface area contributed by atoms with Gasteiger partial charge in [0, 0.05) is 13.6 Å². The summed E-state index contributed by atoms with van der Waals surface area (Å²) in [4.78, 5) is 33.2. The first-order valence-corrected chi connectivity index (χ1v) is 9.20. The van der Waals surface area contributed by atoms with Gasteiger partial charge in [-0.1, -0.05) is 0 Å². The standard InChI is InChI=1S/C18H24N6O3/c1-24-13-11(14(19)23-24)21-10-22-12(13)15(25)20-9-17-3-6-18(7-4-17,8-5-17)16(26)27-2/h10H,3-9H2,1-2H3,(H2,19,23)(H,20,25). The molecule has 3 fully saturated rings. The lowest BCUT2D eigenvalue weighted by Crippen LogP contribution is -2.50. The Morgan fingerprint density at radius 3 is 2.52 bits per heavy atom. The van der Waals surface area contributed by atoms with Crippen molar-refractivity contribution < 1.29 is 14.3 Å². The number of nitrogens with zero attached hydrogens (tertiary/aromatic N) is 4. The van der Waals surface area contributed by atoms with E-state index in [1.807, 2.05) is 0 Å². The number of carbonyl (C=O) groups is 2. The molecule has 0 aliphatic heterocycles. The number of methoxy groups -OCH3 is 1. The fourth-order valence-electron chi connectivity index (χ4n) is 4.70. The molecule has 0 spiro atoms. The number of rotatable bonds is 4. The highest BCUT2D eigenvalue weighted by atomic mass is 16.5. The number of hydrogen-bond acceptors (Lipinski definition) is 7. The molecule has 0 aromatic carbocycles. The van der Waals surface area contributed by atoms with E-state index in [9.17, 15) is 9.59 Å². The van der Waals surface area contributed by atoms with Gasteiger partial charge in [-0.3, -0.25) is 14.3 Å². The lowest BCUT2D eigenvalue weighted by Gasteiger charge is -2.51. The highest BCUT2D eigenvalue weighted by Crippen LogP contribution is 2.57. The predicted octanol–water partition coefficient (Wildman–Crippen LogP) is 1.19. The number of fused-ring (bicyclic) bond motifs is 4. The van der Waals surface area contributed by atoms with Crippen LogP contribution in [0.4, 0.5) is 5.82 Å². The van der Waals surface area contributed by atoms with Crippen molar-refractivity contribution in [3.05, 3.63) is 12.0 Å². The number of anilines is 1. The monoisotopic (exact) mass is 372 g/mol. The van der Waals surface area contributed by atoms with Crippen molar-refractivity contribution in [3.8, 4) is 0 Å². The van der Waals surface area contributed by atoms with Gasteiger partial charge in [0.25, 0.3) is 5.91 Å². The van der Waals surface area contributed by atoms with E-state index in [1.165, 1.54) is 18.1 Å². The van der Waals surface area contributed by atoms with Crippen molar-refractivity contribution in [2.24, 2.45) is 17.9 Å². The van der Waals surface area contributed by atoms with Crippen molar-refractivity contribution >= 4 is 28.7 Å². The maximum atomic E-state index is 12.8. The van der Waals surface area contributed by atoms with Crippen LogP contribution >= 0.6 is 0 Å². The Balaban J connectivity index is 1.48. The number of aryl methyl sites for hydroxylation is 1. The van der Waals surface area contributed by atoms with Gasteiger partial charge < -0.3 is 15.8 Å². The van der Waals surface area contributed by atoms with E-state index in [1.54, 1.807) is 7.05 Å². The van der Waals surface area contributed by atoms with E-state index in [-0.39, 0.29) is 34.2 Å². The molecule has 2 bridgehead atoms. The molecule has 0 atom stereocenters. The quantitative estimate of drug-likeness (QED) is 0.772. The van der Waals surface area contributed by atoms with Crippen LogP contribution in [0, 0.1) is 10.8 Å². The normalized spacial score (nSPS) is 26.9.